The van der Waals surface area contributed by atoms with E-state index in [1.54, 1.807) is 68.6 Å². The van der Waals surface area contributed by atoms with Crippen molar-refractivity contribution in [3.8, 4) is 28.2 Å². The van der Waals surface area contributed by atoms with Gasteiger partial charge in [0, 0.05) is 16.1 Å². The summed E-state index contributed by atoms with van der Waals surface area (Å²) in [6.07, 6.45) is 0. The molecule has 0 bridgehead atoms. The average Bonchev–Trinajstić information content (AvgIpc) is 2.68. The Hall–Kier alpha value is -3.05. The molecule has 0 radical (unpaired) electrons. The predicted octanol–water partition coefficient (Wildman–Crippen LogP) is 4.81. The van der Waals surface area contributed by atoms with Gasteiger partial charge in [0.25, 0.3) is 0 Å². The zero-order valence-corrected chi connectivity index (χ0v) is 15.6. The molecule has 0 atom stereocenters. The second-order valence-electron chi connectivity index (χ2n) is 5.64. The molecule has 0 aliphatic rings. The van der Waals surface area contributed by atoms with Gasteiger partial charge in [0.05, 0.1) is 13.7 Å². The third kappa shape index (κ3) is 4.04. The highest BCUT2D eigenvalue weighted by Crippen LogP contribution is 2.30. The first-order valence-corrected chi connectivity index (χ1v) is 8.67. The molecule has 138 valence electrons. The number of ether oxygens (including phenoxy) is 2. The Balaban J connectivity index is 2.20. The van der Waals surface area contributed by atoms with E-state index in [9.17, 15) is 9.59 Å². The van der Waals surface area contributed by atoms with Gasteiger partial charge in [-0.1, -0.05) is 23.7 Å². The lowest BCUT2D eigenvalue weighted by Gasteiger charge is -2.11. The van der Waals surface area contributed by atoms with E-state index in [-0.39, 0.29) is 12.2 Å². The molecule has 0 unspecified atom stereocenters. The van der Waals surface area contributed by atoms with Crippen LogP contribution in [0.15, 0.2) is 63.8 Å². The van der Waals surface area contributed by atoms with Crippen LogP contribution in [0.1, 0.15) is 17.3 Å². The molecule has 27 heavy (non-hydrogen) atoms. The summed E-state index contributed by atoms with van der Waals surface area (Å²) < 4.78 is 15.6. The molecule has 6 heteroatoms. The molecule has 5 nitrogen and oxygen atoms in total. The fraction of sp³-hybridized carbons (Fsp3) is 0.143. The number of rotatable bonds is 5. The van der Waals surface area contributed by atoms with Crippen LogP contribution in [0.2, 0.25) is 5.02 Å². The van der Waals surface area contributed by atoms with E-state index in [1.807, 2.05) is 0 Å². The Morgan fingerprint density at radius 3 is 2.26 bits per heavy atom. The molecule has 0 N–H and O–H groups in total. The van der Waals surface area contributed by atoms with Crippen LogP contribution >= 0.6 is 11.6 Å². The molecular weight excluding hydrogens is 368 g/mol. The molecular formula is C21H17ClO5. The maximum atomic E-state index is 12.6. The summed E-state index contributed by atoms with van der Waals surface area (Å²) >= 11 is 5.92. The monoisotopic (exact) mass is 384 g/mol. The van der Waals surface area contributed by atoms with E-state index in [2.05, 4.69) is 0 Å². The van der Waals surface area contributed by atoms with Gasteiger partial charge in [0.1, 0.15) is 11.5 Å². The van der Waals surface area contributed by atoms with Gasteiger partial charge in [-0.2, -0.15) is 0 Å². The highest BCUT2D eigenvalue weighted by Gasteiger charge is 2.22. The van der Waals surface area contributed by atoms with Crippen LogP contribution in [-0.2, 0) is 4.74 Å². The summed E-state index contributed by atoms with van der Waals surface area (Å²) in [6.45, 7) is 1.83. The minimum Gasteiger partial charge on any atom is -0.497 e. The lowest BCUT2D eigenvalue weighted by atomic mass is 9.99. The molecule has 0 saturated carbocycles. The SMILES string of the molecule is CCOC(=O)c1c(-c2ccc(OC)cc2)cc(-c2ccc(Cl)cc2)oc1=O. The van der Waals surface area contributed by atoms with Crippen molar-refractivity contribution in [2.75, 3.05) is 13.7 Å². The Morgan fingerprint density at radius 1 is 1.04 bits per heavy atom. The van der Waals surface area contributed by atoms with Crippen LogP contribution in [0, 0.1) is 0 Å². The summed E-state index contributed by atoms with van der Waals surface area (Å²) in [4.78, 5) is 24.9. The number of hydrogen-bond donors (Lipinski definition) is 0. The summed E-state index contributed by atoms with van der Waals surface area (Å²) in [7, 11) is 1.56. The lowest BCUT2D eigenvalue weighted by molar-refractivity contribution is 0.0522. The molecule has 0 spiro atoms. The molecule has 2 aromatic carbocycles. The number of carbonyl (C=O) groups excluding carboxylic acids is 1. The van der Waals surface area contributed by atoms with Crippen LogP contribution in [0.4, 0.5) is 0 Å². The second-order valence-corrected chi connectivity index (χ2v) is 6.08. The Morgan fingerprint density at radius 2 is 1.67 bits per heavy atom. The summed E-state index contributed by atoms with van der Waals surface area (Å²) in [5, 5.41) is 0.569. The highest BCUT2D eigenvalue weighted by atomic mass is 35.5. The van der Waals surface area contributed by atoms with Crippen molar-refractivity contribution in [2.24, 2.45) is 0 Å². The predicted molar refractivity (Wildman–Crippen MR) is 103 cm³/mol. The number of carbonyl (C=O) groups is 1. The fourth-order valence-electron chi connectivity index (χ4n) is 2.64. The van der Waals surface area contributed by atoms with E-state index >= 15 is 0 Å². The van der Waals surface area contributed by atoms with Crippen molar-refractivity contribution in [3.63, 3.8) is 0 Å². The van der Waals surface area contributed by atoms with Crippen molar-refractivity contribution in [1.82, 2.24) is 0 Å². The smallest absolute Gasteiger partial charge is 0.351 e. The summed E-state index contributed by atoms with van der Waals surface area (Å²) in [5.41, 5.74) is 0.868. The normalized spacial score (nSPS) is 10.5. The van der Waals surface area contributed by atoms with Crippen LogP contribution < -0.4 is 10.4 Å². The van der Waals surface area contributed by atoms with Gasteiger partial charge in [-0.3, -0.25) is 0 Å². The zero-order chi connectivity index (χ0) is 19.4. The van der Waals surface area contributed by atoms with Gasteiger partial charge < -0.3 is 13.9 Å². The van der Waals surface area contributed by atoms with Crippen LogP contribution in [0.25, 0.3) is 22.5 Å². The number of benzene rings is 2. The first-order chi connectivity index (χ1) is 13.0. The van der Waals surface area contributed by atoms with Crippen molar-refractivity contribution in [2.45, 2.75) is 6.92 Å². The summed E-state index contributed by atoms with van der Waals surface area (Å²) in [6, 6.07) is 15.6. The minimum absolute atomic E-state index is 0.139. The van der Waals surface area contributed by atoms with Gasteiger partial charge in [-0.25, -0.2) is 9.59 Å². The first-order valence-electron chi connectivity index (χ1n) is 8.29. The number of methoxy groups -OCH3 is 1. The average molecular weight is 385 g/mol. The molecule has 3 aromatic rings. The maximum absolute atomic E-state index is 12.6. The molecule has 0 saturated heterocycles. The van der Waals surface area contributed by atoms with E-state index in [1.165, 1.54) is 0 Å². The summed E-state index contributed by atoms with van der Waals surface area (Å²) in [5.74, 6) is 0.271. The standard InChI is InChI=1S/C21H17ClO5/c1-3-26-20(23)19-17(13-6-10-16(25-2)11-7-13)12-18(27-21(19)24)14-4-8-15(22)9-5-14/h4-12H,3H2,1-2H3. The van der Waals surface area contributed by atoms with Crippen LogP contribution in [0.3, 0.4) is 0 Å². The van der Waals surface area contributed by atoms with E-state index in [4.69, 9.17) is 25.5 Å². The molecule has 1 aromatic heterocycles. The van der Waals surface area contributed by atoms with Gasteiger partial charge in [0.2, 0.25) is 0 Å². The van der Waals surface area contributed by atoms with Gasteiger partial charge >= 0.3 is 11.6 Å². The third-order valence-corrected chi connectivity index (χ3v) is 4.21. The molecule has 3 rings (SSSR count). The Kier molecular flexibility index (Phi) is 5.62. The van der Waals surface area contributed by atoms with Crippen LogP contribution in [0.5, 0.6) is 5.75 Å². The number of hydrogen-bond acceptors (Lipinski definition) is 5. The number of halogens is 1. The second kappa shape index (κ2) is 8.10. The fourth-order valence-corrected chi connectivity index (χ4v) is 2.77. The topological polar surface area (TPSA) is 65.7 Å². The van der Waals surface area contributed by atoms with E-state index in [0.717, 1.165) is 0 Å². The zero-order valence-electron chi connectivity index (χ0n) is 14.8. The number of esters is 1. The van der Waals surface area contributed by atoms with E-state index < -0.39 is 11.6 Å². The first kappa shape index (κ1) is 18.7. The highest BCUT2D eigenvalue weighted by molar-refractivity contribution is 6.30. The van der Waals surface area contributed by atoms with Crippen LogP contribution in [-0.4, -0.2) is 19.7 Å². The molecule has 0 amide bonds. The molecule has 0 aliphatic carbocycles. The van der Waals surface area contributed by atoms with Gasteiger partial charge in [0.15, 0.2) is 5.56 Å². The van der Waals surface area contributed by atoms with Gasteiger partial charge in [-0.15, -0.1) is 0 Å². The quantitative estimate of drug-likeness (QED) is 0.590. The largest absolute Gasteiger partial charge is 0.497 e. The third-order valence-electron chi connectivity index (χ3n) is 3.96. The van der Waals surface area contributed by atoms with Crippen molar-refractivity contribution >= 4 is 17.6 Å². The van der Waals surface area contributed by atoms with Gasteiger partial charge in [-0.05, 0) is 55.0 Å². The lowest BCUT2D eigenvalue weighted by Crippen LogP contribution is -2.18. The Bertz CT molecular complexity index is 1000. The molecule has 1 heterocycles. The Labute approximate surface area is 161 Å². The molecule has 0 fully saturated rings. The van der Waals surface area contributed by atoms with E-state index in [0.29, 0.717) is 33.2 Å². The minimum atomic E-state index is -0.758. The maximum Gasteiger partial charge on any atom is 0.351 e. The van der Waals surface area contributed by atoms with Crippen molar-refractivity contribution < 1.29 is 18.7 Å². The molecule has 0 aliphatic heterocycles. The van der Waals surface area contributed by atoms with Crippen molar-refractivity contribution in [1.29, 1.82) is 0 Å². The van der Waals surface area contributed by atoms with Crippen molar-refractivity contribution in [3.05, 3.63) is 75.6 Å².